The summed E-state index contributed by atoms with van der Waals surface area (Å²) in [7, 11) is 0. The molecule has 1 N–H and O–H groups in total. The van der Waals surface area contributed by atoms with E-state index >= 15 is 0 Å². The number of nitrogens with one attached hydrogen (secondary N) is 1. The maximum Gasteiger partial charge on any atom is 0.250 e. The quantitative estimate of drug-likeness (QED) is 0.204. The van der Waals surface area contributed by atoms with Crippen LogP contribution in [0.4, 0.5) is 24.7 Å². The zero-order chi connectivity index (χ0) is 35.3. The van der Waals surface area contributed by atoms with Gasteiger partial charge in [-0.2, -0.15) is 0 Å². The molecule has 4 heterocycles. The summed E-state index contributed by atoms with van der Waals surface area (Å²) in [6, 6.07) is 9.92. The number of anilines is 2. The van der Waals surface area contributed by atoms with E-state index in [9.17, 15) is 22.8 Å². The summed E-state index contributed by atoms with van der Waals surface area (Å²) in [6.45, 7) is 5.81. The molecule has 0 radical (unpaired) electrons. The fourth-order valence-electron chi connectivity index (χ4n) is 9.28. The predicted molar refractivity (Wildman–Crippen MR) is 184 cm³/mol. The monoisotopic (exact) mass is 696 g/mol. The van der Waals surface area contributed by atoms with Crippen LogP contribution in [0.15, 0.2) is 72.1 Å². The van der Waals surface area contributed by atoms with Crippen LogP contribution in [0.2, 0.25) is 0 Å². The number of fused-ring (bicyclic) bond motifs is 4. The third-order valence-electron chi connectivity index (χ3n) is 11.8. The van der Waals surface area contributed by atoms with Gasteiger partial charge in [-0.25, -0.2) is 18.2 Å². The number of hydrogen-bond donors (Lipinski definition) is 1. The Morgan fingerprint density at radius 1 is 1.00 bits per heavy atom. The number of carbonyl (C=O) groups excluding carboxylic acids is 2. The first kappa shape index (κ1) is 33.2. The van der Waals surface area contributed by atoms with E-state index in [4.69, 9.17) is 9.40 Å². The first-order valence-electron chi connectivity index (χ1n) is 17.7. The topological polar surface area (TPSA) is 104 Å². The van der Waals surface area contributed by atoms with Gasteiger partial charge in [0.2, 0.25) is 24.1 Å². The van der Waals surface area contributed by atoms with Gasteiger partial charge in [0.1, 0.15) is 17.7 Å². The molecule has 51 heavy (non-hydrogen) atoms. The molecule has 2 fully saturated rings. The van der Waals surface area contributed by atoms with Crippen molar-refractivity contribution < 1.29 is 27.2 Å². The Kier molecular flexibility index (Phi) is 8.42. The van der Waals surface area contributed by atoms with Crippen molar-refractivity contribution in [2.75, 3.05) is 29.4 Å². The third-order valence-corrected chi connectivity index (χ3v) is 11.8. The van der Waals surface area contributed by atoms with Crippen molar-refractivity contribution in [3.63, 3.8) is 0 Å². The number of carbonyl (C=O) groups is 2. The number of nitrogens with zero attached hydrogens (tertiary/aromatic N) is 5. The van der Waals surface area contributed by atoms with Crippen LogP contribution < -0.4 is 15.1 Å². The lowest BCUT2D eigenvalue weighted by Crippen LogP contribution is -2.42. The summed E-state index contributed by atoms with van der Waals surface area (Å²) >= 11 is 0. The summed E-state index contributed by atoms with van der Waals surface area (Å²) in [6.07, 6.45) is 11.3. The lowest BCUT2D eigenvalue weighted by Gasteiger charge is -2.41. The van der Waals surface area contributed by atoms with E-state index in [0.29, 0.717) is 18.5 Å². The number of piperidine rings is 1. The van der Waals surface area contributed by atoms with Crippen LogP contribution in [-0.4, -0.2) is 46.6 Å². The van der Waals surface area contributed by atoms with Crippen molar-refractivity contribution in [3.8, 4) is 0 Å². The highest BCUT2D eigenvalue weighted by atomic mass is 19.2. The predicted octanol–water partition coefficient (Wildman–Crippen LogP) is 6.74. The molecule has 2 aromatic heterocycles. The van der Waals surface area contributed by atoms with Crippen LogP contribution in [0.25, 0.3) is 0 Å². The van der Waals surface area contributed by atoms with Crippen molar-refractivity contribution in [1.29, 1.82) is 0 Å². The molecule has 2 aliphatic heterocycles. The van der Waals surface area contributed by atoms with Gasteiger partial charge in [0.05, 0.1) is 11.9 Å². The number of hydrogen-bond acceptors (Lipinski definition) is 7. The fourth-order valence-corrected chi connectivity index (χ4v) is 9.28. The van der Waals surface area contributed by atoms with Gasteiger partial charge in [0, 0.05) is 37.9 Å². The van der Waals surface area contributed by atoms with Gasteiger partial charge in [0.25, 0.3) is 0 Å². The Labute approximate surface area is 293 Å². The molecule has 0 bridgehead atoms. The summed E-state index contributed by atoms with van der Waals surface area (Å²) in [4.78, 5) is 35.3. The molecular formula is C39H39F3N6O3. The summed E-state index contributed by atoms with van der Waals surface area (Å²) in [5, 5.41) is 10.7. The Morgan fingerprint density at radius 3 is 2.53 bits per heavy atom. The zero-order valence-electron chi connectivity index (χ0n) is 28.2. The van der Waals surface area contributed by atoms with E-state index in [1.54, 1.807) is 12.1 Å². The van der Waals surface area contributed by atoms with E-state index in [2.05, 4.69) is 33.1 Å². The van der Waals surface area contributed by atoms with E-state index in [-0.39, 0.29) is 53.1 Å². The van der Waals surface area contributed by atoms with Gasteiger partial charge in [0.15, 0.2) is 11.6 Å². The van der Waals surface area contributed by atoms with Crippen LogP contribution in [0, 0.1) is 17.5 Å². The normalized spacial score (nSPS) is 20.4. The molecule has 4 aromatic rings. The average Bonchev–Trinajstić information content (AvgIpc) is 3.94. The SMILES string of the molecule is C=CC(=O)N1CC2(CCCC2)c2cc(N3CCC4(CC3)C[C@@H](CC(=O)N[C@H](Cc3ccc(F)c(F)c3)c3nnco3)c3ccc(F)cc34)ncc21. The van der Waals surface area contributed by atoms with Crippen molar-refractivity contribution in [1.82, 2.24) is 20.5 Å². The number of halogens is 3. The third kappa shape index (κ3) is 5.98. The average molecular weight is 697 g/mol. The maximum atomic E-state index is 14.8. The molecule has 0 unspecified atom stereocenters. The van der Waals surface area contributed by atoms with E-state index < -0.39 is 17.7 Å². The first-order valence-corrected chi connectivity index (χ1v) is 17.7. The van der Waals surface area contributed by atoms with E-state index in [1.807, 2.05) is 11.1 Å². The van der Waals surface area contributed by atoms with Crippen molar-refractivity contribution in [3.05, 3.63) is 113 Å². The molecule has 9 nitrogen and oxygen atoms in total. The number of aromatic nitrogens is 3. The summed E-state index contributed by atoms with van der Waals surface area (Å²) < 4.78 is 47.7. The molecule has 2 aromatic carbocycles. The molecule has 1 saturated heterocycles. The number of rotatable bonds is 8. The highest BCUT2D eigenvalue weighted by Gasteiger charge is 2.48. The highest BCUT2D eigenvalue weighted by Crippen LogP contribution is 2.54. The summed E-state index contributed by atoms with van der Waals surface area (Å²) in [5.74, 6) is -1.69. The molecule has 2 atom stereocenters. The number of pyridine rings is 1. The molecule has 12 heteroatoms. The van der Waals surface area contributed by atoms with Crippen molar-refractivity contribution in [2.45, 2.75) is 80.6 Å². The molecule has 2 spiro atoms. The van der Waals surface area contributed by atoms with Gasteiger partial charge < -0.3 is 19.5 Å². The Bertz CT molecular complexity index is 1990. The standard InChI is InChI=1S/C39H39F3N6O3/c1-2-36(50)48-22-39(9-3-4-10-39)29-19-34(43-21-33(29)48)47-13-11-38(12-14-47)20-25(27-7-6-26(40)18-28(27)38)17-35(49)45-32(37-46-44-23-51-37)16-24-5-8-30(41)31(42)15-24/h2,5-8,15,18-19,21,23,25,32H,1,3-4,9-14,16-17,20,22H2,(H,45,49)/t25-,32-/m1/s1. The number of amides is 2. The maximum absolute atomic E-state index is 14.8. The molecule has 2 amide bonds. The first-order chi connectivity index (χ1) is 24.7. The lowest BCUT2D eigenvalue weighted by atomic mass is 9.73. The van der Waals surface area contributed by atoms with Gasteiger partial charge >= 0.3 is 0 Å². The van der Waals surface area contributed by atoms with Crippen molar-refractivity contribution in [2.24, 2.45) is 0 Å². The second kappa shape index (κ2) is 13.0. The van der Waals surface area contributed by atoms with Crippen LogP contribution >= 0.6 is 0 Å². The van der Waals surface area contributed by atoms with Crippen LogP contribution in [0.5, 0.6) is 0 Å². The van der Waals surface area contributed by atoms with E-state index in [0.717, 1.165) is 92.8 Å². The van der Waals surface area contributed by atoms with Crippen LogP contribution in [-0.2, 0) is 26.8 Å². The Hall–Kier alpha value is -5.00. The molecule has 264 valence electrons. The highest BCUT2D eigenvalue weighted by molar-refractivity contribution is 6.03. The number of benzene rings is 2. The van der Waals surface area contributed by atoms with Gasteiger partial charge in [-0.3, -0.25) is 9.59 Å². The second-order valence-electron chi connectivity index (χ2n) is 14.6. The molecule has 4 aliphatic rings. The molecule has 8 rings (SSSR count). The minimum atomic E-state index is -0.981. The fraction of sp³-hybridized carbons (Fsp3) is 0.410. The molecule has 2 aliphatic carbocycles. The van der Waals surface area contributed by atoms with Crippen molar-refractivity contribution >= 4 is 23.3 Å². The smallest absolute Gasteiger partial charge is 0.250 e. The van der Waals surface area contributed by atoms with Gasteiger partial charge in [-0.05, 0) is 102 Å². The zero-order valence-corrected chi connectivity index (χ0v) is 28.2. The largest absolute Gasteiger partial charge is 0.426 e. The van der Waals surface area contributed by atoms with Crippen LogP contribution in [0.3, 0.4) is 0 Å². The van der Waals surface area contributed by atoms with Crippen LogP contribution in [0.1, 0.15) is 91.5 Å². The Balaban J connectivity index is 0.990. The lowest BCUT2D eigenvalue weighted by molar-refractivity contribution is -0.122. The molecular weight excluding hydrogens is 657 g/mol. The van der Waals surface area contributed by atoms with E-state index in [1.165, 1.54) is 23.8 Å². The van der Waals surface area contributed by atoms with Gasteiger partial charge in [-0.1, -0.05) is 31.6 Å². The Morgan fingerprint density at radius 2 is 1.80 bits per heavy atom. The second-order valence-corrected chi connectivity index (χ2v) is 14.6. The minimum absolute atomic E-state index is 0.0455. The molecule has 1 saturated carbocycles. The van der Waals surface area contributed by atoms with Gasteiger partial charge in [-0.15, -0.1) is 10.2 Å². The minimum Gasteiger partial charge on any atom is -0.426 e. The summed E-state index contributed by atoms with van der Waals surface area (Å²) in [5.41, 5.74) is 4.13.